The summed E-state index contributed by atoms with van der Waals surface area (Å²) in [6, 6.07) is 4.19. The molecular weight excluding hydrogens is 488 g/mol. The van der Waals surface area contributed by atoms with Crippen LogP contribution in [-0.4, -0.2) is 54.3 Å². The van der Waals surface area contributed by atoms with Gasteiger partial charge in [-0.25, -0.2) is 4.79 Å². The Hall–Kier alpha value is -2.67. The Morgan fingerprint density at radius 3 is 2.33 bits per heavy atom. The van der Waals surface area contributed by atoms with Crippen LogP contribution in [0.2, 0.25) is 0 Å². The number of esters is 1. The average Bonchev–Trinajstić information content (AvgIpc) is 2.85. The lowest BCUT2D eigenvalue weighted by atomic mass is 9.82. The smallest absolute Gasteiger partial charge is 0.340 e. The van der Waals surface area contributed by atoms with Crippen molar-refractivity contribution < 1.29 is 14.3 Å². The number of aryl methyl sites for hydroxylation is 1. The van der Waals surface area contributed by atoms with E-state index in [1.165, 1.54) is 0 Å². The van der Waals surface area contributed by atoms with Crippen LogP contribution < -0.4 is 9.80 Å². The van der Waals surface area contributed by atoms with E-state index < -0.39 is 11.7 Å². The van der Waals surface area contributed by atoms with Crippen molar-refractivity contribution in [3.63, 3.8) is 0 Å². The SMILES string of the molecule is CCCCN(C)c1ccc(-c2cnc(C)c(C(OC(C)(C)C)C(=O)OC(C)C)c2N2CCC(C)(C)CC2)nc1. The third-order valence-electron chi connectivity index (χ3n) is 7.33. The number of ether oxygens (including phenoxy) is 2. The van der Waals surface area contributed by atoms with Crippen molar-refractivity contribution in [3.8, 4) is 11.3 Å². The molecule has 2 aromatic heterocycles. The van der Waals surface area contributed by atoms with E-state index in [9.17, 15) is 4.79 Å². The van der Waals surface area contributed by atoms with E-state index in [1.807, 2.05) is 53.9 Å². The van der Waals surface area contributed by atoms with Crippen molar-refractivity contribution in [1.82, 2.24) is 9.97 Å². The molecule has 1 aliphatic rings. The Bertz CT molecular complexity index is 1100. The van der Waals surface area contributed by atoms with Crippen LogP contribution in [0.3, 0.4) is 0 Å². The highest BCUT2D eigenvalue weighted by Gasteiger charge is 2.37. The molecule has 0 saturated carbocycles. The second kappa shape index (κ2) is 12.7. The summed E-state index contributed by atoms with van der Waals surface area (Å²) < 4.78 is 12.2. The van der Waals surface area contributed by atoms with E-state index in [0.29, 0.717) is 0 Å². The van der Waals surface area contributed by atoms with Crippen molar-refractivity contribution in [1.29, 1.82) is 0 Å². The molecule has 1 aliphatic heterocycles. The molecule has 0 N–H and O–H groups in total. The van der Waals surface area contributed by atoms with Crippen LogP contribution >= 0.6 is 0 Å². The van der Waals surface area contributed by atoms with Crippen molar-refractivity contribution in [2.45, 2.75) is 106 Å². The summed E-state index contributed by atoms with van der Waals surface area (Å²) >= 11 is 0. The van der Waals surface area contributed by atoms with Gasteiger partial charge in [-0.15, -0.1) is 0 Å². The lowest BCUT2D eigenvalue weighted by molar-refractivity contribution is -0.171. The van der Waals surface area contributed by atoms with Gasteiger partial charge in [0.2, 0.25) is 0 Å². The number of piperidine rings is 1. The molecule has 1 atom stereocenters. The summed E-state index contributed by atoms with van der Waals surface area (Å²) in [5.74, 6) is -0.388. The Morgan fingerprint density at radius 1 is 1.13 bits per heavy atom. The molecule has 1 fully saturated rings. The molecular formula is C32H50N4O3. The van der Waals surface area contributed by atoms with Gasteiger partial charge in [0.25, 0.3) is 0 Å². The molecule has 0 spiro atoms. The van der Waals surface area contributed by atoms with E-state index in [0.717, 1.165) is 79.2 Å². The second-order valence-electron chi connectivity index (χ2n) is 12.9. The number of hydrogen-bond donors (Lipinski definition) is 0. The summed E-state index contributed by atoms with van der Waals surface area (Å²) in [7, 11) is 2.10. The van der Waals surface area contributed by atoms with Crippen LogP contribution in [0.25, 0.3) is 11.3 Å². The fraction of sp³-hybridized carbons (Fsp3) is 0.656. The van der Waals surface area contributed by atoms with Crippen molar-refractivity contribution in [3.05, 3.63) is 35.8 Å². The number of aromatic nitrogens is 2. The third-order valence-corrected chi connectivity index (χ3v) is 7.33. The molecule has 7 heteroatoms. The molecule has 0 aliphatic carbocycles. The third kappa shape index (κ3) is 8.17. The first-order valence-electron chi connectivity index (χ1n) is 14.5. The summed E-state index contributed by atoms with van der Waals surface area (Å²) in [6.07, 6.45) is 7.10. The minimum absolute atomic E-state index is 0.252. The largest absolute Gasteiger partial charge is 0.461 e. The highest BCUT2D eigenvalue weighted by Crippen LogP contribution is 2.43. The van der Waals surface area contributed by atoms with Crippen LogP contribution in [-0.2, 0) is 14.3 Å². The fourth-order valence-electron chi connectivity index (χ4n) is 4.95. The maximum Gasteiger partial charge on any atom is 0.340 e. The molecule has 3 heterocycles. The Balaban J connectivity index is 2.17. The van der Waals surface area contributed by atoms with Crippen molar-refractivity contribution in [2.24, 2.45) is 5.41 Å². The molecule has 0 aromatic carbocycles. The van der Waals surface area contributed by atoms with Gasteiger partial charge in [-0.2, -0.15) is 0 Å². The number of rotatable bonds is 10. The van der Waals surface area contributed by atoms with Gasteiger partial charge in [-0.05, 0) is 78.4 Å². The van der Waals surface area contributed by atoms with Gasteiger partial charge >= 0.3 is 5.97 Å². The lowest BCUT2D eigenvalue weighted by Crippen LogP contribution is -2.39. The molecule has 0 radical (unpaired) electrons. The van der Waals surface area contributed by atoms with E-state index >= 15 is 0 Å². The first-order chi connectivity index (χ1) is 18.2. The Morgan fingerprint density at radius 2 is 1.79 bits per heavy atom. The fourth-order valence-corrected chi connectivity index (χ4v) is 4.95. The monoisotopic (exact) mass is 538 g/mol. The zero-order valence-electron chi connectivity index (χ0n) is 25.9. The number of unbranched alkanes of at least 4 members (excludes halogenated alkanes) is 1. The highest BCUT2D eigenvalue weighted by atomic mass is 16.6. The number of carbonyl (C=O) groups excluding carboxylic acids is 1. The minimum atomic E-state index is -0.899. The van der Waals surface area contributed by atoms with E-state index in [4.69, 9.17) is 19.4 Å². The van der Waals surface area contributed by atoms with Crippen LogP contribution in [0.15, 0.2) is 24.5 Å². The number of hydrogen-bond acceptors (Lipinski definition) is 7. The summed E-state index contributed by atoms with van der Waals surface area (Å²) in [5, 5.41) is 0. The molecule has 2 aromatic rings. The molecule has 39 heavy (non-hydrogen) atoms. The van der Waals surface area contributed by atoms with Crippen LogP contribution in [0, 0.1) is 12.3 Å². The van der Waals surface area contributed by atoms with Crippen molar-refractivity contribution >= 4 is 17.3 Å². The first-order valence-corrected chi connectivity index (χ1v) is 14.5. The number of pyridine rings is 2. The summed E-state index contributed by atoms with van der Waals surface area (Å²) in [6.45, 7) is 21.2. The van der Waals surface area contributed by atoms with Gasteiger partial charge in [-0.1, -0.05) is 27.2 Å². The maximum atomic E-state index is 13.6. The molecule has 1 unspecified atom stereocenters. The highest BCUT2D eigenvalue weighted by molar-refractivity contribution is 5.86. The Labute approximate surface area is 236 Å². The van der Waals surface area contributed by atoms with Gasteiger partial charge in [-0.3, -0.25) is 9.97 Å². The second-order valence-corrected chi connectivity index (χ2v) is 12.9. The minimum Gasteiger partial charge on any atom is -0.461 e. The molecule has 7 nitrogen and oxygen atoms in total. The summed E-state index contributed by atoms with van der Waals surface area (Å²) in [4.78, 5) is 27.9. The van der Waals surface area contributed by atoms with Gasteiger partial charge in [0.1, 0.15) is 0 Å². The van der Waals surface area contributed by atoms with Crippen molar-refractivity contribution in [2.75, 3.05) is 36.5 Å². The van der Waals surface area contributed by atoms with Crippen LogP contribution in [0.1, 0.15) is 98.4 Å². The number of carbonyl (C=O) groups is 1. The maximum absolute atomic E-state index is 13.6. The lowest BCUT2D eigenvalue weighted by Gasteiger charge is -2.41. The van der Waals surface area contributed by atoms with Crippen LogP contribution in [0.5, 0.6) is 0 Å². The number of anilines is 2. The standard InChI is InChI=1S/C32H50N4O3/c1-11-12-17-35(10)24-13-14-26(34-20-24)25-21-33-23(4)27(28(25)36-18-15-32(8,9)16-19-36)29(39-31(5,6)7)30(37)38-22(2)3/h13-14,20-22,29H,11-12,15-19H2,1-10H3. The van der Waals surface area contributed by atoms with Gasteiger partial charge in [0, 0.05) is 49.7 Å². The normalized spacial score (nSPS) is 16.3. The van der Waals surface area contributed by atoms with E-state index in [-0.39, 0.29) is 17.5 Å². The molecule has 1 saturated heterocycles. The summed E-state index contributed by atoms with van der Waals surface area (Å²) in [5.41, 5.74) is 5.08. The molecule has 3 rings (SSSR count). The Kier molecular flexibility index (Phi) is 10.0. The zero-order valence-corrected chi connectivity index (χ0v) is 25.9. The number of nitrogens with zero attached hydrogens (tertiary/aromatic N) is 4. The van der Waals surface area contributed by atoms with Crippen LogP contribution in [0.4, 0.5) is 11.4 Å². The molecule has 0 amide bonds. The predicted molar refractivity (Wildman–Crippen MR) is 160 cm³/mol. The topological polar surface area (TPSA) is 67.8 Å². The van der Waals surface area contributed by atoms with E-state index in [1.54, 1.807) is 0 Å². The average molecular weight is 539 g/mol. The first kappa shape index (κ1) is 30.9. The van der Waals surface area contributed by atoms with Gasteiger partial charge < -0.3 is 19.3 Å². The van der Waals surface area contributed by atoms with Gasteiger partial charge in [0.15, 0.2) is 6.10 Å². The van der Waals surface area contributed by atoms with E-state index in [2.05, 4.69) is 49.8 Å². The zero-order chi connectivity index (χ0) is 29.0. The molecule has 216 valence electrons. The van der Waals surface area contributed by atoms with Gasteiger partial charge in [0.05, 0.1) is 35.0 Å². The predicted octanol–water partition coefficient (Wildman–Crippen LogP) is 7.12. The quantitative estimate of drug-likeness (QED) is 0.298. The molecule has 0 bridgehead atoms.